The molecule has 1 saturated heterocycles. The summed E-state index contributed by atoms with van der Waals surface area (Å²) in [7, 11) is 0. The fourth-order valence-corrected chi connectivity index (χ4v) is 2.97. The third-order valence-corrected chi connectivity index (χ3v) is 4.18. The summed E-state index contributed by atoms with van der Waals surface area (Å²) in [5.74, 6) is -0.220. The topological polar surface area (TPSA) is 41.6 Å². The molecule has 0 aromatic heterocycles. The second-order valence-electron chi connectivity index (χ2n) is 5.23. The lowest BCUT2D eigenvalue weighted by Crippen LogP contribution is -2.36. The Labute approximate surface area is 144 Å². The molecule has 1 amide bonds. The van der Waals surface area contributed by atoms with Crippen LogP contribution in [0.1, 0.15) is 10.4 Å². The van der Waals surface area contributed by atoms with E-state index in [0.717, 1.165) is 18.8 Å². The van der Waals surface area contributed by atoms with Gasteiger partial charge in [-0.05, 0) is 36.4 Å². The highest BCUT2D eigenvalue weighted by Gasteiger charge is 2.15. The summed E-state index contributed by atoms with van der Waals surface area (Å²) in [5, 5.41) is 3.96. The van der Waals surface area contributed by atoms with E-state index in [0.29, 0.717) is 34.5 Å². The third kappa shape index (κ3) is 3.96. The van der Waals surface area contributed by atoms with Crippen molar-refractivity contribution in [1.29, 1.82) is 0 Å². The SMILES string of the molecule is O=C(Nc1ccc(N2CCOCC2)c(Cl)c1)c1cccc(Cl)c1. The maximum Gasteiger partial charge on any atom is 0.255 e. The monoisotopic (exact) mass is 350 g/mol. The second-order valence-corrected chi connectivity index (χ2v) is 6.07. The zero-order valence-electron chi connectivity index (χ0n) is 12.4. The van der Waals surface area contributed by atoms with Crippen LogP contribution in [0.4, 0.5) is 11.4 Å². The first-order valence-electron chi connectivity index (χ1n) is 7.32. The van der Waals surface area contributed by atoms with Crippen LogP contribution in [-0.4, -0.2) is 32.2 Å². The first-order valence-corrected chi connectivity index (χ1v) is 8.08. The number of ether oxygens (including phenoxy) is 1. The number of hydrogen-bond acceptors (Lipinski definition) is 3. The molecule has 1 fully saturated rings. The van der Waals surface area contributed by atoms with E-state index >= 15 is 0 Å². The van der Waals surface area contributed by atoms with Gasteiger partial charge in [0, 0.05) is 29.4 Å². The van der Waals surface area contributed by atoms with Gasteiger partial charge in [-0.2, -0.15) is 0 Å². The Morgan fingerprint density at radius 3 is 2.57 bits per heavy atom. The number of morpholine rings is 1. The summed E-state index contributed by atoms with van der Waals surface area (Å²) in [5.41, 5.74) is 2.11. The summed E-state index contributed by atoms with van der Waals surface area (Å²) in [6.45, 7) is 3.02. The van der Waals surface area contributed by atoms with Gasteiger partial charge in [0.05, 0.1) is 23.9 Å². The van der Waals surface area contributed by atoms with Crippen LogP contribution in [0.25, 0.3) is 0 Å². The molecule has 6 heteroatoms. The van der Waals surface area contributed by atoms with Gasteiger partial charge in [0.2, 0.25) is 0 Å². The molecule has 0 aliphatic carbocycles. The molecule has 0 radical (unpaired) electrons. The van der Waals surface area contributed by atoms with Crippen molar-refractivity contribution >= 4 is 40.5 Å². The number of carbonyl (C=O) groups is 1. The van der Waals surface area contributed by atoms with Gasteiger partial charge in [-0.25, -0.2) is 0 Å². The van der Waals surface area contributed by atoms with E-state index in [1.54, 1.807) is 30.3 Å². The molecule has 1 aliphatic rings. The number of anilines is 2. The molecule has 2 aromatic rings. The van der Waals surface area contributed by atoms with Gasteiger partial charge in [-0.1, -0.05) is 29.3 Å². The van der Waals surface area contributed by atoms with Crippen LogP contribution in [0.3, 0.4) is 0 Å². The molecule has 0 atom stereocenters. The number of rotatable bonds is 3. The van der Waals surface area contributed by atoms with Crippen molar-refractivity contribution in [2.45, 2.75) is 0 Å². The minimum atomic E-state index is -0.220. The fraction of sp³-hybridized carbons (Fsp3) is 0.235. The molecule has 0 bridgehead atoms. The number of carbonyl (C=O) groups excluding carboxylic acids is 1. The minimum Gasteiger partial charge on any atom is -0.378 e. The molecule has 23 heavy (non-hydrogen) atoms. The summed E-state index contributed by atoms with van der Waals surface area (Å²) in [4.78, 5) is 14.4. The van der Waals surface area contributed by atoms with E-state index in [1.165, 1.54) is 0 Å². The molecule has 2 aromatic carbocycles. The van der Waals surface area contributed by atoms with Crippen LogP contribution in [0, 0.1) is 0 Å². The van der Waals surface area contributed by atoms with Crippen molar-refractivity contribution in [3.05, 3.63) is 58.1 Å². The highest BCUT2D eigenvalue weighted by Crippen LogP contribution is 2.29. The predicted molar refractivity (Wildman–Crippen MR) is 93.9 cm³/mol. The Hall–Kier alpha value is -1.75. The number of hydrogen-bond donors (Lipinski definition) is 1. The zero-order valence-corrected chi connectivity index (χ0v) is 13.9. The number of nitrogens with zero attached hydrogens (tertiary/aromatic N) is 1. The van der Waals surface area contributed by atoms with Crippen molar-refractivity contribution in [2.75, 3.05) is 36.5 Å². The lowest BCUT2D eigenvalue weighted by Gasteiger charge is -2.29. The first kappa shape index (κ1) is 16.1. The van der Waals surface area contributed by atoms with E-state index in [4.69, 9.17) is 27.9 Å². The number of halogens is 2. The standard InChI is InChI=1S/C17H16Cl2N2O2/c18-13-3-1-2-12(10-13)17(22)20-14-4-5-16(15(19)11-14)21-6-8-23-9-7-21/h1-5,10-11H,6-9H2,(H,20,22). The lowest BCUT2D eigenvalue weighted by molar-refractivity contribution is 0.102. The average Bonchev–Trinajstić information content (AvgIpc) is 2.56. The number of nitrogens with one attached hydrogen (secondary N) is 1. The van der Waals surface area contributed by atoms with Gasteiger partial charge in [0.1, 0.15) is 0 Å². The van der Waals surface area contributed by atoms with Crippen LogP contribution in [0.5, 0.6) is 0 Å². The smallest absolute Gasteiger partial charge is 0.255 e. The van der Waals surface area contributed by atoms with Crippen LogP contribution in [0.2, 0.25) is 10.0 Å². The molecular weight excluding hydrogens is 335 g/mol. The zero-order chi connectivity index (χ0) is 16.2. The summed E-state index contributed by atoms with van der Waals surface area (Å²) >= 11 is 12.3. The van der Waals surface area contributed by atoms with Crippen molar-refractivity contribution in [3.63, 3.8) is 0 Å². The fourth-order valence-electron chi connectivity index (χ4n) is 2.48. The minimum absolute atomic E-state index is 0.220. The van der Waals surface area contributed by atoms with Crippen LogP contribution in [0.15, 0.2) is 42.5 Å². The number of amides is 1. The Kier molecular flexibility index (Phi) is 5.06. The molecule has 0 spiro atoms. The molecule has 0 unspecified atom stereocenters. The molecule has 120 valence electrons. The normalized spacial score (nSPS) is 14.6. The van der Waals surface area contributed by atoms with Crippen molar-refractivity contribution in [2.24, 2.45) is 0 Å². The Morgan fingerprint density at radius 2 is 1.87 bits per heavy atom. The quantitative estimate of drug-likeness (QED) is 0.906. The van der Waals surface area contributed by atoms with Gasteiger partial charge >= 0.3 is 0 Å². The Bertz CT molecular complexity index is 715. The van der Waals surface area contributed by atoms with Gasteiger partial charge in [0.25, 0.3) is 5.91 Å². The number of benzene rings is 2. The van der Waals surface area contributed by atoms with E-state index in [1.807, 2.05) is 12.1 Å². The van der Waals surface area contributed by atoms with Gasteiger partial charge in [-0.3, -0.25) is 4.79 Å². The molecule has 1 N–H and O–H groups in total. The van der Waals surface area contributed by atoms with Crippen molar-refractivity contribution in [3.8, 4) is 0 Å². The highest BCUT2D eigenvalue weighted by atomic mass is 35.5. The Morgan fingerprint density at radius 1 is 1.09 bits per heavy atom. The second kappa shape index (κ2) is 7.21. The predicted octanol–water partition coefficient (Wildman–Crippen LogP) is 4.08. The highest BCUT2D eigenvalue weighted by molar-refractivity contribution is 6.33. The average molecular weight is 351 g/mol. The van der Waals surface area contributed by atoms with E-state index in [9.17, 15) is 4.79 Å². The summed E-state index contributed by atoms with van der Waals surface area (Å²) in [6, 6.07) is 12.3. The molecule has 1 aliphatic heterocycles. The largest absolute Gasteiger partial charge is 0.378 e. The maximum atomic E-state index is 12.2. The van der Waals surface area contributed by atoms with E-state index in [2.05, 4.69) is 10.2 Å². The van der Waals surface area contributed by atoms with Crippen LogP contribution in [-0.2, 0) is 4.74 Å². The molecule has 1 heterocycles. The van der Waals surface area contributed by atoms with Crippen molar-refractivity contribution < 1.29 is 9.53 Å². The van der Waals surface area contributed by atoms with Gasteiger partial charge < -0.3 is 15.0 Å². The van der Waals surface area contributed by atoms with Gasteiger partial charge in [0.15, 0.2) is 0 Å². The van der Waals surface area contributed by atoms with Gasteiger partial charge in [-0.15, -0.1) is 0 Å². The van der Waals surface area contributed by atoms with Crippen LogP contribution >= 0.6 is 23.2 Å². The summed E-state index contributed by atoms with van der Waals surface area (Å²) in [6.07, 6.45) is 0. The molecule has 0 saturated carbocycles. The maximum absolute atomic E-state index is 12.2. The first-order chi connectivity index (χ1) is 11.1. The van der Waals surface area contributed by atoms with Crippen LogP contribution < -0.4 is 10.2 Å². The molecular formula is C17H16Cl2N2O2. The van der Waals surface area contributed by atoms with E-state index in [-0.39, 0.29) is 5.91 Å². The molecule has 4 nitrogen and oxygen atoms in total. The lowest BCUT2D eigenvalue weighted by atomic mass is 10.2. The van der Waals surface area contributed by atoms with E-state index < -0.39 is 0 Å². The van der Waals surface area contributed by atoms with Crippen molar-refractivity contribution in [1.82, 2.24) is 0 Å². The Balaban J connectivity index is 1.73. The summed E-state index contributed by atoms with van der Waals surface area (Å²) < 4.78 is 5.34. The third-order valence-electron chi connectivity index (χ3n) is 3.64. The molecule has 3 rings (SSSR count).